The van der Waals surface area contributed by atoms with Crippen LogP contribution in [-0.4, -0.2) is 41.8 Å². The smallest absolute Gasteiger partial charge is 0.329 e. The van der Waals surface area contributed by atoms with Gasteiger partial charge in [0, 0.05) is 11.1 Å². The quantitative estimate of drug-likeness (QED) is 0.463. The summed E-state index contributed by atoms with van der Waals surface area (Å²) in [6, 6.07) is 13.0. The summed E-state index contributed by atoms with van der Waals surface area (Å²) in [5.74, 6) is 0.650. The zero-order chi connectivity index (χ0) is 23.8. The number of esters is 1. The molecule has 9 heteroatoms. The van der Waals surface area contributed by atoms with Crippen molar-refractivity contribution in [1.29, 1.82) is 0 Å². The van der Waals surface area contributed by atoms with Gasteiger partial charge in [-0.15, -0.1) is 0 Å². The highest BCUT2D eigenvalue weighted by molar-refractivity contribution is 5.96. The van der Waals surface area contributed by atoms with Crippen LogP contribution in [-0.2, 0) is 16.1 Å². The number of nitrogens with one attached hydrogen (secondary N) is 1. The minimum atomic E-state index is -0.843. The van der Waals surface area contributed by atoms with E-state index in [1.54, 1.807) is 43.5 Å². The van der Waals surface area contributed by atoms with E-state index in [1.165, 1.54) is 0 Å². The fraction of sp³-hybridized carbons (Fsp3) is 0.333. The summed E-state index contributed by atoms with van der Waals surface area (Å²) >= 11 is 0. The van der Waals surface area contributed by atoms with Crippen LogP contribution in [0.3, 0.4) is 0 Å². The van der Waals surface area contributed by atoms with Gasteiger partial charge in [-0.1, -0.05) is 31.1 Å². The lowest BCUT2D eigenvalue weighted by molar-refractivity contribution is -0.149. The first-order valence-corrected chi connectivity index (χ1v) is 10.6. The summed E-state index contributed by atoms with van der Waals surface area (Å²) < 4.78 is 21.1. The van der Waals surface area contributed by atoms with Crippen LogP contribution < -0.4 is 14.8 Å². The Morgan fingerprint density at radius 2 is 1.85 bits per heavy atom. The SMILES string of the molecule is CCOc1ccc(C(=O)N[C@H](C(=O)OCc2nc(-c3cccc(OC)c3)no2)C(C)C)cc1. The predicted molar refractivity (Wildman–Crippen MR) is 120 cm³/mol. The molecular formula is C24H27N3O6. The van der Waals surface area contributed by atoms with E-state index in [9.17, 15) is 9.59 Å². The van der Waals surface area contributed by atoms with Crippen molar-refractivity contribution in [2.24, 2.45) is 5.92 Å². The van der Waals surface area contributed by atoms with E-state index in [2.05, 4.69) is 15.5 Å². The van der Waals surface area contributed by atoms with Gasteiger partial charge >= 0.3 is 5.97 Å². The number of benzene rings is 2. The normalized spacial score (nSPS) is 11.7. The van der Waals surface area contributed by atoms with Crippen LogP contribution in [0, 0.1) is 5.92 Å². The number of carbonyl (C=O) groups is 2. The van der Waals surface area contributed by atoms with Gasteiger partial charge in [-0.3, -0.25) is 4.79 Å². The molecule has 0 fully saturated rings. The van der Waals surface area contributed by atoms with Gasteiger partial charge in [0.2, 0.25) is 5.82 Å². The van der Waals surface area contributed by atoms with E-state index in [0.29, 0.717) is 35.1 Å². The third-order valence-electron chi connectivity index (χ3n) is 4.77. The Bertz CT molecular complexity index is 1080. The molecule has 1 aromatic heterocycles. The first-order chi connectivity index (χ1) is 15.9. The van der Waals surface area contributed by atoms with Gasteiger partial charge in [-0.05, 0) is 49.2 Å². The van der Waals surface area contributed by atoms with Gasteiger partial charge in [-0.25, -0.2) is 4.79 Å². The summed E-state index contributed by atoms with van der Waals surface area (Å²) in [7, 11) is 1.57. The Morgan fingerprint density at radius 3 is 2.52 bits per heavy atom. The Balaban J connectivity index is 1.60. The van der Waals surface area contributed by atoms with Gasteiger partial charge in [0.15, 0.2) is 6.61 Å². The molecule has 3 rings (SSSR count). The molecule has 174 valence electrons. The highest BCUT2D eigenvalue weighted by atomic mass is 16.6. The summed E-state index contributed by atoms with van der Waals surface area (Å²) in [4.78, 5) is 29.5. The molecule has 0 aliphatic rings. The van der Waals surface area contributed by atoms with Crippen LogP contribution >= 0.6 is 0 Å². The van der Waals surface area contributed by atoms with E-state index < -0.39 is 12.0 Å². The maximum absolute atomic E-state index is 12.7. The molecule has 0 radical (unpaired) electrons. The molecule has 1 N–H and O–H groups in total. The molecule has 0 unspecified atom stereocenters. The molecule has 33 heavy (non-hydrogen) atoms. The van der Waals surface area contributed by atoms with Crippen LogP contribution in [0.5, 0.6) is 11.5 Å². The second kappa shape index (κ2) is 11.1. The van der Waals surface area contributed by atoms with Crippen LogP contribution in [0.4, 0.5) is 0 Å². The van der Waals surface area contributed by atoms with Crippen molar-refractivity contribution in [3.63, 3.8) is 0 Å². The standard InChI is InChI=1S/C24H27N3O6/c1-5-31-18-11-9-16(10-12-18)23(28)26-21(15(2)3)24(29)32-14-20-25-22(27-33-20)17-7-6-8-19(13-17)30-4/h6-13,15,21H,5,14H2,1-4H3,(H,26,28)/t21-/m0/s1. The minimum Gasteiger partial charge on any atom is -0.497 e. The summed E-state index contributed by atoms with van der Waals surface area (Å²) in [6.45, 7) is 5.84. The van der Waals surface area contributed by atoms with Crippen molar-refractivity contribution in [2.45, 2.75) is 33.4 Å². The molecule has 0 aliphatic carbocycles. The van der Waals surface area contributed by atoms with E-state index in [4.69, 9.17) is 18.7 Å². The molecule has 1 amide bonds. The van der Waals surface area contributed by atoms with Gasteiger partial charge < -0.3 is 24.1 Å². The molecule has 2 aromatic carbocycles. The van der Waals surface area contributed by atoms with E-state index in [-0.39, 0.29) is 24.3 Å². The number of carbonyl (C=O) groups excluding carboxylic acids is 2. The third-order valence-corrected chi connectivity index (χ3v) is 4.77. The number of hydrogen-bond donors (Lipinski definition) is 1. The molecular weight excluding hydrogens is 426 g/mol. The Morgan fingerprint density at radius 1 is 1.09 bits per heavy atom. The molecule has 9 nitrogen and oxygen atoms in total. The molecule has 0 aliphatic heterocycles. The average molecular weight is 453 g/mol. The average Bonchev–Trinajstić information content (AvgIpc) is 3.30. The van der Waals surface area contributed by atoms with Crippen molar-refractivity contribution >= 4 is 11.9 Å². The maximum Gasteiger partial charge on any atom is 0.329 e. The molecule has 1 atom stereocenters. The first kappa shape index (κ1) is 23.8. The lowest BCUT2D eigenvalue weighted by Gasteiger charge is -2.20. The highest BCUT2D eigenvalue weighted by Crippen LogP contribution is 2.21. The predicted octanol–water partition coefficient (Wildman–Crippen LogP) is 3.64. The largest absolute Gasteiger partial charge is 0.497 e. The summed E-state index contributed by atoms with van der Waals surface area (Å²) in [5, 5.41) is 6.64. The fourth-order valence-electron chi connectivity index (χ4n) is 3.01. The number of methoxy groups -OCH3 is 1. The van der Waals surface area contributed by atoms with E-state index >= 15 is 0 Å². The van der Waals surface area contributed by atoms with E-state index in [0.717, 1.165) is 0 Å². The highest BCUT2D eigenvalue weighted by Gasteiger charge is 2.27. The van der Waals surface area contributed by atoms with Crippen molar-refractivity contribution in [2.75, 3.05) is 13.7 Å². The van der Waals surface area contributed by atoms with Crippen LogP contribution in [0.2, 0.25) is 0 Å². The van der Waals surface area contributed by atoms with Crippen LogP contribution in [0.15, 0.2) is 53.1 Å². The summed E-state index contributed by atoms with van der Waals surface area (Å²) in [6.07, 6.45) is 0. The van der Waals surface area contributed by atoms with Crippen molar-refractivity contribution in [3.05, 3.63) is 60.0 Å². The van der Waals surface area contributed by atoms with Crippen LogP contribution in [0.25, 0.3) is 11.4 Å². The maximum atomic E-state index is 12.7. The van der Waals surface area contributed by atoms with Gasteiger partial charge in [0.1, 0.15) is 17.5 Å². The zero-order valence-electron chi connectivity index (χ0n) is 19.0. The van der Waals surface area contributed by atoms with Gasteiger partial charge in [0.05, 0.1) is 13.7 Å². The van der Waals surface area contributed by atoms with Gasteiger partial charge in [-0.2, -0.15) is 4.98 Å². The number of ether oxygens (including phenoxy) is 3. The minimum absolute atomic E-state index is 0.140. The second-order valence-corrected chi connectivity index (χ2v) is 7.50. The van der Waals surface area contributed by atoms with Crippen LogP contribution in [0.1, 0.15) is 37.0 Å². The lowest BCUT2D eigenvalue weighted by atomic mass is 10.0. The Kier molecular flexibility index (Phi) is 8.01. The molecule has 3 aromatic rings. The monoisotopic (exact) mass is 453 g/mol. The van der Waals surface area contributed by atoms with Gasteiger partial charge in [0.25, 0.3) is 11.8 Å². The molecule has 0 saturated heterocycles. The summed E-state index contributed by atoms with van der Waals surface area (Å²) in [5.41, 5.74) is 1.12. The van der Waals surface area contributed by atoms with Crippen molar-refractivity contribution in [1.82, 2.24) is 15.5 Å². The number of rotatable bonds is 10. The molecule has 0 bridgehead atoms. The Hall–Kier alpha value is -3.88. The number of nitrogens with zero attached hydrogens (tertiary/aromatic N) is 2. The van der Waals surface area contributed by atoms with Crippen molar-refractivity contribution < 1.29 is 28.3 Å². The van der Waals surface area contributed by atoms with E-state index in [1.807, 2.05) is 32.9 Å². The Labute approximate surface area is 192 Å². The number of aromatic nitrogens is 2. The number of amides is 1. The van der Waals surface area contributed by atoms with Crippen molar-refractivity contribution in [3.8, 4) is 22.9 Å². The topological polar surface area (TPSA) is 113 Å². The molecule has 0 spiro atoms. The number of hydrogen-bond acceptors (Lipinski definition) is 8. The first-order valence-electron chi connectivity index (χ1n) is 10.6. The molecule has 0 saturated carbocycles. The lowest BCUT2D eigenvalue weighted by Crippen LogP contribution is -2.45. The fourth-order valence-corrected chi connectivity index (χ4v) is 3.01. The molecule has 1 heterocycles. The zero-order valence-corrected chi connectivity index (χ0v) is 19.0. The third kappa shape index (κ3) is 6.31. The second-order valence-electron chi connectivity index (χ2n) is 7.50.